The van der Waals surface area contributed by atoms with Crippen LogP contribution in [0.15, 0.2) is 99.5 Å². The molecule has 4 atom stereocenters. The lowest BCUT2D eigenvalue weighted by Crippen LogP contribution is -2.55. The van der Waals surface area contributed by atoms with Gasteiger partial charge in [-0.3, -0.25) is 29.0 Å². The summed E-state index contributed by atoms with van der Waals surface area (Å²) in [6, 6.07) is 13.6. The molecule has 18 nitrogen and oxygen atoms in total. The van der Waals surface area contributed by atoms with Crippen LogP contribution in [0.5, 0.6) is 0 Å². The molecule has 88 heavy (non-hydrogen) atoms. The number of hydrogen-bond donors (Lipinski definition) is 6. The predicted molar refractivity (Wildman–Crippen MR) is 328 cm³/mol. The molecule has 0 radical (unpaired) electrons. The quantitative estimate of drug-likeness (QED) is 0.0558. The number of carbonyl (C=O) groups excluding carboxylic acids is 2. The van der Waals surface area contributed by atoms with Crippen LogP contribution in [0.4, 0.5) is 69.5 Å². The van der Waals surface area contributed by atoms with E-state index >= 15 is 4.39 Å². The van der Waals surface area contributed by atoms with Crippen molar-refractivity contribution in [3.05, 3.63) is 145 Å². The highest BCUT2D eigenvalue weighted by Crippen LogP contribution is 2.39. The summed E-state index contributed by atoms with van der Waals surface area (Å²) in [5.74, 6) is -1.53. The van der Waals surface area contributed by atoms with Crippen LogP contribution in [0.25, 0.3) is 11.1 Å². The van der Waals surface area contributed by atoms with Crippen LogP contribution in [0.2, 0.25) is 0 Å². The van der Waals surface area contributed by atoms with Crippen molar-refractivity contribution >= 4 is 74.7 Å². The average Bonchev–Trinajstić information content (AvgIpc) is 1.34. The van der Waals surface area contributed by atoms with Gasteiger partial charge in [-0.25, -0.2) is 18.7 Å². The summed E-state index contributed by atoms with van der Waals surface area (Å²) in [6.45, 7) is 14.1. The van der Waals surface area contributed by atoms with Gasteiger partial charge in [-0.2, -0.15) is 26.3 Å². The van der Waals surface area contributed by atoms with Gasteiger partial charge in [0, 0.05) is 136 Å². The fourth-order valence-corrected chi connectivity index (χ4v) is 11.5. The van der Waals surface area contributed by atoms with Crippen molar-refractivity contribution in [2.45, 2.75) is 103 Å². The van der Waals surface area contributed by atoms with E-state index in [4.69, 9.17) is 10.0 Å². The van der Waals surface area contributed by atoms with Gasteiger partial charge in [0.05, 0.1) is 49.5 Å². The Bertz CT molecular complexity index is 3510. The van der Waals surface area contributed by atoms with Crippen LogP contribution >= 0.6 is 15.9 Å². The third kappa shape index (κ3) is 16.3. The molecule has 0 saturated carbocycles. The largest absolute Gasteiger partial charge is 0.490 e. The lowest BCUT2D eigenvalue weighted by molar-refractivity contribution is -0.138. The van der Waals surface area contributed by atoms with Gasteiger partial charge in [0.1, 0.15) is 23.3 Å². The average molecular weight is 1300 g/mol. The molecule has 0 bridgehead atoms. The summed E-state index contributed by atoms with van der Waals surface area (Å²) in [5, 5.41) is 22.9. The minimum atomic E-state index is -4.93. The second-order valence-electron chi connectivity index (χ2n) is 22.6. The highest BCUT2D eigenvalue weighted by molar-refractivity contribution is 9.10. The van der Waals surface area contributed by atoms with E-state index in [0.717, 1.165) is 63.1 Å². The minimum Gasteiger partial charge on any atom is -0.423 e. The van der Waals surface area contributed by atoms with Crippen LogP contribution in [-0.2, 0) is 12.4 Å². The van der Waals surface area contributed by atoms with E-state index in [0.29, 0.717) is 60.7 Å². The number of amides is 2. The Morgan fingerprint density at radius 1 is 0.580 bits per heavy atom. The molecule has 10 rings (SSSR count). The molecule has 4 aliphatic heterocycles. The fourth-order valence-electron chi connectivity index (χ4n) is 11.1. The topological polar surface area (TPSA) is 210 Å². The molecule has 4 fully saturated rings. The summed E-state index contributed by atoms with van der Waals surface area (Å²) in [7, 11) is 2.55. The van der Waals surface area contributed by atoms with Crippen LogP contribution in [0.3, 0.4) is 0 Å². The summed E-state index contributed by atoms with van der Waals surface area (Å²) in [4.78, 5) is 74.6. The predicted octanol–water partition coefficient (Wildman–Crippen LogP) is 9.19. The first-order valence-corrected chi connectivity index (χ1v) is 29.6. The molecule has 472 valence electrons. The van der Waals surface area contributed by atoms with Crippen molar-refractivity contribution in [3.63, 3.8) is 0 Å². The second kappa shape index (κ2) is 28.4. The number of hydrogen-bond acceptors (Lipinski definition) is 14. The van der Waals surface area contributed by atoms with Crippen molar-refractivity contribution < 1.29 is 54.8 Å². The maximum atomic E-state index is 15.7. The molecule has 28 heteroatoms. The van der Waals surface area contributed by atoms with Crippen LogP contribution in [-0.4, -0.2) is 149 Å². The van der Waals surface area contributed by atoms with Crippen molar-refractivity contribution in [2.24, 2.45) is 0 Å². The third-order valence-electron chi connectivity index (χ3n) is 16.5. The van der Waals surface area contributed by atoms with E-state index in [1.807, 2.05) is 63.7 Å². The zero-order chi connectivity index (χ0) is 63.9. The zero-order valence-corrected chi connectivity index (χ0v) is 51.0. The van der Waals surface area contributed by atoms with Crippen LogP contribution in [0.1, 0.15) is 98.1 Å². The Labute approximate surface area is 512 Å². The Morgan fingerprint density at radius 2 is 0.989 bits per heavy atom. The number of likely N-dealkylation sites (N-methyl/N-ethyl adjacent to an activating group) is 2. The number of aromatic amines is 2. The fraction of sp³-hybridized carbons (Fsp3) is 0.433. The lowest BCUT2D eigenvalue weighted by Gasteiger charge is -2.44. The van der Waals surface area contributed by atoms with E-state index in [2.05, 4.69) is 66.1 Å². The Morgan fingerprint density at radius 3 is 1.38 bits per heavy atom. The number of aromatic nitrogens is 4. The molecule has 4 saturated heterocycles. The number of nitrogens with one attached hydrogen (secondary N) is 4. The van der Waals surface area contributed by atoms with E-state index in [-0.39, 0.29) is 45.6 Å². The van der Waals surface area contributed by atoms with Crippen molar-refractivity contribution in [2.75, 3.05) is 96.7 Å². The molecule has 2 amide bonds. The smallest absolute Gasteiger partial charge is 0.423 e. The van der Waals surface area contributed by atoms with Gasteiger partial charge in [0.15, 0.2) is 0 Å². The number of carbonyl (C=O) groups is 2. The first-order chi connectivity index (χ1) is 41.6. The number of benzene rings is 2. The number of nitrogens with zero attached hydrogens (tertiary/aromatic N) is 8. The van der Waals surface area contributed by atoms with E-state index < -0.39 is 76.3 Å². The molecule has 0 unspecified atom stereocenters. The SMILES string of the molecule is C[C@@H]1CN(c2cc(F)c(-c3ccc(N4CCCCC4)nc3)cc2NC(=O)c2c[nH]c(=O)cc2C(F)(F)F)C[C@H](C)N1C.C[C@@H]1CN(c2cc(F)c(Br)cc2NC(=O)c2c[nH]c(=O)cc2C(F)(F)F)C[C@H](C)N1C.OB(O)c1ccc(N2CCCCC2)nc1. The molecular weight excluding hydrogens is 1230 g/mol. The molecule has 4 aliphatic rings. The Balaban J connectivity index is 0.000000190. The summed E-state index contributed by atoms with van der Waals surface area (Å²) in [6.07, 6.45) is 1.79. The van der Waals surface area contributed by atoms with Crippen molar-refractivity contribution in [1.29, 1.82) is 0 Å². The number of piperazine rings is 2. The lowest BCUT2D eigenvalue weighted by atomic mass is 9.82. The van der Waals surface area contributed by atoms with E-state index in [1.165, 1.54) is 56.1 Å². The third-order valence-corrected chi connectivity index (χ3v) is 17.1. The number of pyridine rings is 4. The van der Waals surface area contributed by atoms with Gasteiger partial charge >= 0.3 is 19.5 Å². The molecule has 2 aromatic carbocycles. The normalized spacial score (nSPS) is 19.5. The molecule has 6 aromatic rings. The molecule has 0 aliphatic carbocycles. The van der Waals surface area contributed by atoms with Crippen molar-refractivity contribution in [3.8, 4) is 11.1 Å². The number of halogens is 9. The van der Waals surface area contributed by atoms with E-state index in [9.17, 15) is 49.9 Å². The number of piperidine rings is 2. The number of rotatable bonds is 10. The Hall–Kier alpha value is -7.40. The van der Waals surface area contributed by atoms with E-state index in [1.54, 1.807) is 18.3 Å². The number of alkyl halides is 6. The monoisotopic (exact) mass is 1300 g/mol. The minimum absolute atomic E-state index is 0.0549. The molecule has 8 heterocycles. The molecule has 6 N–H and O–H groups in total. The van der Waals surface area contributed by atoms with Crippen LogP contribution in [0, 0.1) is 11.6 Å². The maximum absolute atomic E-state index is 15.7. The first kappa shape index (κ1) is 66.6. The van der Waals surface area contributed by atoms with Crippen LogP contribution < -0.4 is 46.8 Å². The summed E-state index contributed by atoms with van der Waals surface area (Å²) in [5.41, 5.74) is -4.06. The zero-order valence-electron chi connectivity index (χ0n) is 49.4. The van der Waals surface area contributed by atoms with Gasteiger partial charge in [0.2, 0.25) is 11.1 Å². The van der Waals surface area contributed by atoms with Gasteiger partial charge < -0.3 is 50.2 Å². The Kier molecular flexibility index (Phi) is 21.5. The van der Waals surface area contributed by atoms with Gasteiger partial charge in [-0.1, -0.05) is 6.07 Å². The highest BCUT2D eigenvalue weighted by Gasteiger charge is 2.38. The molecule has 4 aromatic heterocycles. The standard InChI is InChI=1S/C30H34F4N6O2.C20H21BrF4N4O2.C10H15BN2O2/c1-18-16-40(17-19(2)38(18)3)26-13-24(31)21(20-7-8-27(35-14-20)39-9-5-4-6-10-39)11-25(26)37-29(42)22-15-36-28(41)12-23(22)30(32,33)34;1-10-8-29(9-11(2)28(10)3)17-6-15(22)14(21)5-16(17)27-19(31)12-7-26-18(30)4-13(12)20(23,24)25;14-11(15)9-4-5-10(12-8-9)13-6-2-1-3-7-13/h7-8,11-15,18-19H,4-6,9-10,16-17H2,1-3H3,(H,36,41)(H,37,42);4-7,10-11H,8-9H2,1-3H3,(H,26,30)(H,27,31);4-5,8,14-15H,1-3,6-7H2/t18-,19+;10-,11+;. The maximum Gasteiger partial charge on any atom is 0.490 e. The van der Waals surface area contributed by atoms with Gasteiger partial charge in [-0.05, 0) is 133 Å². The number of H-pyrrole nitrogens is 2. The second-order valence-corrected chi connectivity index (χ2v) is 23.5. The number of anilines is 6. The molecular formula is C60H70BBrF8N12O6. The van der Waals surface area contributed by atoms with Crippen molar-refractivity contribution in [1.82, 2.24) is 29.7 Å². The van der Waals surface area contributed by atoms with Gasteiger partial charge in [0.25, 0.3) is 11.8 Å². The summed E-state index contributed by atoms with van der Waals surface area (Å²) >= 11 is 3.06. The first-order valence-electron chi connectivity index (χ1n) is 28.8. The van der Waals surface area contributed by atoms with Gasteiger partial charge in [-0.15, -0.1) is 0 Å². The summed E-state index contributed by atoms with van der Waals surface area (Å²) < 4.78 is 111. The highest BCUT2D eigenvalue weighted by atomic mass is 79.9. The molecule has 0 spiro atoms.